The van der Waals surface area contributed by atoms with Gasteiger partial charge in [0, 0.05) is 51.8 Å². The number of rotatable bonds is 19. The molecule has 0 spiro atoms. The molecule has 3 atom stereocenters. The van der Waals surface area contributed by atoms with Gasteiger partial charge in [-0.3, -0.25) is 13.9 Å². The molecular formula is C38H52N6O6SSi. The van der Waals surface area contributed by atoms with E-state index in [-0.39, 0.29) is 29.4 Å². The summed E-state index contributed by atoms with van der Waals surface area (Å²) in [5.41, 5.74) is 2.12. The Balaban J connectivity index is 1.51. The fourth-order valence-corrected chi connectivity index (χ4v) is 6.64. The summed E-state index contributed by atoms with van der Waals surface area (Å²) in [6, 6.07) is 23.2. The van der Waals surface area contributed by atoms with E-state index in [1.54, 1.807) is 6.20 Å². The molecule has 1 aromatic heterocycles. The molecule has 280 valence electrons. The zero-order chi connectivity index (χ0) is 37.9. The maximum absolute atomic E-state index is 13.9. The van der Waals surface area contributed by atoms with E-state index in [9.17, 15) is 23.1 Å². The van der Waals surface area contributed by atoms with Gasteiger partial charge in [0.05, 0.1) is 36.7 Å². The van der Waals surface area contributed by atoms with Crippen molar-refractivity contribution in [3.05, 3.63) is 119 Å². The fraction of sp³-hybridized carbons (Fsp3) is 0.395. The largest absolute Gasteiger partial charge is 0.390 e. The van der Waals surface area contributed by atoms with Gasteiger partial charge in [0.1, 0.15) is 12.6 Å². The van der Waals surface area contributed by atoms with Crippen molar-refractivity contribution in [2.75, 3.05) is 30.8 Å². The van der Waals surface area contributed by atoms with Gasteiger partial charge in [0.25, 0.3) is 11.8 Å². The van der Waals surface area contributed by atoms with Crippen LogP contribution in [0.4, 0.5) is 5.69 Å². The number of aliphatic hydroxyl groups excluding tert-OH is 1. The summed E-state index contributed by atoms with van der Waals surface area (Å²) >= 11 is 0. The molecule has 0 saturated heterocycles. The first kappa shape index (κ1) is 40.4. The molecule has 0 fully saturated rings. The third-order valence-electron chi connectivity index (χ3n) is 8.69. The van der Waals surface area contributed by atoms with Crippen molar-refractivity contribution in [3.8, 4) is 0 Å². The van der Waals surface area contributed by atoms with E-state index in [0.29, 0.717) is 26.3 Å². The van der Waals surface area contributed by atoms with E-state index in [4.69, 9.17) is 4.74 Å². The fourth-order valence-electron chi connectivity index (χ4n) is 5.39. The van der Waals surface area contributed by atoms with Crippen LogP contribution in [0.3, 0.4) is 0 Å². The third kappa shape index (κ3) is 12.4. The number of carbonyl (C=O) groups is 2. The minimum Gasteiger partial charge on any atom is -0.390 e. The Hall–Kier alpha value is -4.34. The van der Waals surface area contributed by atoms with Gasteiger partial charge >= 0.3 is 0 Å². The van der Waals surface area contributed by atoms with E-state index in [2.05, 4.69) is 40.6 Å². The molecule has 4 N–H and O–H groups in total. The van der Waals surface area contributed by atoms with Gasteiger partial charge in [-0.25, -0.2) is 13.4 Å². The first-order valence-corrected chi connectivity index (χ1v) is 22.9. The Kier molecular flexibility index (Phi) is 14.3. The lowest BCUT2D eigenvalue weighted by atomic mass is 10.00. The number of aliphatic hydroxyl groups is 1. The second-order valence-electron chi connectivity index (χ2n) is 14.2. The van der Waals surface area contributed by atoms with Crippen LogP contribution in [0.15, 0.2) is 91.3 Å². The summed E-state index contributed by atoms with van der Waals surface area (Å²) in [6.07, 6.45) is 3.91. The van der Waals surface area contributed by atoms with Crippen molar-refractivity contribution in [2.45, 2.75) is 70.5 Å². The van der Waals surface area contributed by atoms with Crippen LogP contribution in [-0.4, -0.2) is 81.6 Å². The number of benzene rings is 3. The van der Waals surface area contributed by atoms with Gasteiger partial charge < -0.3 is 30.4 Å². The van der Waals surface area contributed by atoms with Gasteiger partial charge in [-0.2, -0.15) is 0 Å². The highest BCUT2D eigenvalue weighted by atomic mass is 32.2. The third-order valence-corrected chi connectivity index (χ3v) is 11.6. The Labute approximate surface area is 308 Å². The van der Waals surface area contributed by atoms with Crippen LogP contribution in [0, 0.1) is 0 Å². The minimum absolute atomic E-state index is 0.0693. The smallest absolute Gasteiger partial charge is 0.251 e. The van der Waals surface area contributed by atoms with Crippen LogP contribution in [0.2, 0.25) is 25.7 Å². The second kappa shape index (κ2) is 18.4. The number of aromatic nitrogens is 2. The highest BCUT2D eigenvalue weighted by Crippen LogP contribution is 2.22. The van der Waals surface area contributed by atoms with Crippen LogP contribution >= 0.6 is 0 Å². The highest BCUT2D eigenvalue weighted by molar-refractivity contribution is 7.92. The zero-order valence-corrected chi connectivity index (χ0v) is 32.7. The molecule has 52 heavy (non-hydrogen) atoms. The molecule has 4 rings (SSSR count). The molecule has 0 radical (unpaired) electrons. The number of ether oxygens (including phenoxy) is 1. The summed E-state index contributed by atoms with van der Waals surface area (Å²) < 4.78 is 33.8. The first-order chi connectivity index (χ1) is 24.6. The molecule has 1 heterocycles. The molecule has 0 aliphatic carbocycles. The van der Waals surface area contributed by atoms with E-state index in [1.165, 1.54) is 25.2 Å². The van der Waals surface area contributed by atoms with Gasteiger partial charge in [-0.15, -0.1) is 0 Å². The predicted octanol–water partition coefficient (Wildman–Crippen LogP) is 4.57. The number of hydrogen-bond acceptors (Lipinski definition) is 8. The predicted molar refractivity (Wildman–Crippen MR) is 207 cm³/mol. The van der Waals surface area contributed by atoms with Gasteiger partial charge in [0.15, 0.2) is 0 Å². The Morgan fingerprint density at radius 3 is 2.19 bits per heavy atom. The Morgan fingerprint density at radius 2 is 1.58 bits per heavy atom. The minimum atomic E-state index is -3.72. The molecular weight excluding hydrogens is 697 g/mol. The van der Waals surface area contributed by atoms with Gasteiger partial charge in [-0.1, -0.05) is 80.3 Å². The number of imidazole rings is 1. The highest BCUT2D eigenvalue weighted by Gasteiger charge is 2.25. The maximum atomic E-state index is 13.9. The summed E-state index contributed by atoms with van der Waals surface area (Å²) in [6.45, 7) is 10.3. The average molecular weight is 749 g/mol. The standard InChI is InChI=1S/C38H52N6O6SSi/c1-28(30-15-11-8-12-16-30)41-37(46)31-22-32(24-33(23-31)43(2)51(3,48)49)38(47)42-34(21-29-13-9-7-10-14-29)35(45)25-39-26-36-40-17-18-44(36)27-50-19-20-52(4,5)6/h7-18,22-24,28,34-35,39,45H,19-21,25-27H2,1-6H3,(H,41,46)(H,42,47)/t28-,34+,35-/m1/s1. The average Bonchev–Trinajstić information content (AvgIpc) is 3.56. The van der Waals surface area contributed by atoms with Crippen molar-refractivity contribution in [1.29, 1.82) is 0 Å². The van der Waals surface area contributed by atoms with Gasteiger partial charge in [0.2, 0.25) is 10.0 Å². The number of hydrogen-bond donors (Lipinski definition) is 4. The van der Waals surface area contributed by atoms with Gasteiger partial charge in [-0.05, 0) is 48.7 Å². The number of nitrogens with one attached hydrogen (secondary N) is 3. The molecule has 0 aliphatic rings. The van der Waals surface area contributed by atoms with Crippen molar-refractivity contribution in [1.82, 2.24) is 25.5 Å². The molecule has 3 aromatic carbocycles. The number of anilines is 1. The van der Waals surface area contributed by atoms with Crippen LogP contribution in [0.25, 0.3) is 0 Å². The number of amides is 2. The molecule has 4 aromatic rings. The molecule has 0 unspecified atom stereocenters. The van der Waals surface area contributed by atoms with E-state index >= 15 is 0 Å². The number of carbonyl (C=O) groups excluding carboxylic acids is 2. The maximum Gasteiger partial charge on any atom is 0.251 e. The van der Waals surface area contributed by atoms with Crippen molar-refractivity contribution >= 4 is 35.6 Å². The van der Waals surface area contributed by atoms with Crippen molar-refractivity contribution in [3.63, 3.8) is 0 Å². The Bertz CT molecular complexity index is 1870. The summed E-state index contributed by atoms with van der Waals surface area (Å²) in [7, 11) is -3.56. The van der Waals surface area contributed by atoms with E-state index in [1.807, 2.05) is 78.4 Å². The molecule has 2 amide bonds. The summed E-state index contributed by atoms with van der Waals surface area (Å²) in [5.74, 6) is -0.290. The SMILES string of the molecule is C[C@@H](NC(=O)c1cc(C(=O)N[C@@H](Cc2ccccc2)[C@H](O)CNCc2nccn2COCC[Si](C)(C)C)cc(N(C)S(C)(=O)=O)c1)c1ccccc1. The topological polar surface area (TPSA) is 155 Å². The second-order valence-corrected chi connectivity index (χ2v) is 21.9. The Morgan fingerprint density at radius 1 is 0.962 bits per heavy atom. The van der Waals surface area contributed by atoms with E-state index < -0.39 is 42.1 Å². The molecule has 0 bridgehead atoms. The van der Waals surface area contributed by atoms with Crippen molar-refractivity contribution in [2.24, 2.45) is 0 Å². The number of sulfonamides is 1. The van der Waals surface area contributed by atoms with Crippen molar-refractivity contribution < 1.29 is 27.9 Å². The molecule has 14 heteroatoms. The monoisotopic (exact) mass is 748 g/mol. The van der Waals surface area contributed by atoms with Crippen LogP contribution in [0.1, 0.15) is 50.6 Å². The zero-order valence-electron chi connectivity index (χ0n) is 30.9. The van der Waals surface area contributed by atoms with Crippen LogP contribution in [-0.2, 0) is 34.5 Å². The molecule has 0 saturated carbocycles. The molecule has 12 nitrogen and oxygen atoms in total. The van der Waals surface area contributed by atoms with Crippen LogP contribution < -0.4 is 20.3 Å². The quantitative estimate of drug-likeness (QED) is 0.0804. The molecule has 0 aliphatic heterocycles. The van der Waals surface area contributed by atoms with E-state index in [0.717, 1.165) is 33.6 Å². The lowest BCUT2D eigenvalue weighted by molar-refractivity contribution is 0.0813. The normalized spacial score (nSPS) is 13.6. The summed E-state index contributed by atoms with van der Waals surface area (Å²) in [4.78, 5) is 31.8. The lowest BCUT2D eigenvalue weighted by Gasteiger charge is -2.25. The summed E-state index contributed by atoms with van der Waals surface area (Å²) in [5, 5.41) is 20.6. The lowest BCUT2D eigenvalue weighted by Crippen LogP contribution is -2.48. The first-order valence-electron chi connectivity index (χ1n) is 17.4. The number of nitrogens with zero attached hydrogens (tertiary/aromatic N) is 3. The van der Waals surface area contributed by atoms with Crippen LogP contribution in [0.5, 0.6) is 0 Å².